The molecule has 0 aliphatic carbocycles. The summed E-state index contributed by atoms with van der Waals surface area (Å²) in [5, 5.41) is 8.86. The van der Waals surface area contributed by atoms with E-state index < -0.39 is 5.97 Å². The van der Waals surface area contributed by atoms with Crippen molar-refractivity contribution in [2.45, 2.75) is 12.8 Å². The second-order valence-corrected chi connectivity index (χ2v) is 4.70. The van der Waals surface area contributed by atoms with Crippen molar-refractivity contribution in [2.75, 3.05) is 13.1 Å². The first kappa shape index (κ1) is 14.0. The fourth-order valence-corrected chi connectivity index (χ4v) is 2.23. The SMILES string of the molecule is NC(=O)C1CCN(C(=O)c2ccnc(C(=O)O)c2)CC1. The molecule has 2 heterocycles. The molecule has 2 amide bonds. The van der Waals surface area contributed by atoms with Gasteiger partial charge in [0.2, 0.25) is 5.91 Å². The van der Waals surface area contributed by atoms with Crippen molar-refractivity contribution in [1.82, 2.24) is 9.88 Å². The molecule has 20 heavy (non-hydrogen) atoms. The zero-order valence-electron chi connectivity index (χ0n) is 10.8. The van der Waals surface area contributed by atoms with Gasteiger partial charge in [0, 0.05) is 30.8 Å². The predicted octanol–water partition coefficient (Wildman–Crippen LogP) is 0.117. The van der Waals surface area contributed by atoms with E-state index in [1.165, 1.54) is 18.3 Å². The molecule has 1 aromatic heterocycles. The van der Waals surface area contributed by atoms with Crippen LogP contribution in [-0.4, -0.2) is 45.9 Å². The van der Waals surface area contributed by atoms with Gasteiger partial charge in [0.1, 0.15) is 5.69 Å². The third-order valence-electron chi connectivity index (χ3n) is 3.41. The lowest BCUT2D eigenvalue weighted by Crippen LogP contribution is -2.41. The number of likely N-dealkylation sites (tertiary alicyclic amines) is 1. The first-order chi connectivity index (χ1) is 9.49. The quantitative estimate of drug-likeness (QED) is 0.814. The van der Waals surface area contributed by atoms with Gasteiger partial charge in [-0.25, -0.2) is 9.78 Å². The number of amides is 2. The molecule has 1 saturated heterocycles. The monoisotopic (exact) mass is 277 g/mol. The van der Waals surface area contributed by atoms with E-state index >= 15 is 0 Å². The maximum atomic E-state index is 12.2. The maximum Gasteiger partial charge on any atom is 0.354 e. The molecule has 0 bridgehead atoms. The molecule has 2 rings (SSSR count). The number of piperidine rings is 1. The normalized spacial score (nSPS) is 15.9. The highest BCUT2D eigenvalue weighted by Gasteiger charge is 2.26. The summed E-state index contributed by atoms with van der Waals surface area (Å²) in [5.74, 6) is -1.95. The van der Waals surface area contributed by atoms with Crippen LogP contribution in [0.5, 0.6) is 0 Å². The number of aromatic nitrogens is 1. The van der Waals surface area contributed by atoms with Gasteiger partial charge < -0.3 is 15.7 Å². The van der Waals surface area contributed by atoms with Gasteiger partial charge in [-0.3, -0.25) is 9.59 Å². The molecule has 0 atom stereocenters. The van der Waals surface area contributed by atoms with Crippen LogP contribution in [-0.2, 0) is 4.79 Å². The number of carbonyl (C=O) groups excluding carboxylic acids is 2. The number of nitrogens with zero attached hydrogens (tertiary/aromatic N) is 2. The van der Waals surface area contributed by atoms with Crippen LogP contribution in [0.1, 0.15) is 33.7 Å². The second kappa shape index (κ2) is 5.68. The highest BCUT2D eigenvalue weighted by Crippen LogP contribution is 2.18. The topological polar surface area (TPSA) is 114 Å². The summed E-state index contributed by atoms with van der Waals surface area (Å²) in [7, 11) is 0. The zero-order valence-corrected chi connectivity index (χ0v) is 10.8. The molecular formula is C13H15N3O4. The Balaban J connectivity index is 2.07. The summed E-state index contributed by atoms with van der Waals surface area (Å²) in [6.07, 6.45) is 2.38. The van der Waals surface area contributed by atoms with Crippen molar-refractivity contribution in [1.29, 1.82) is 0 Å². The zero-order chi connectivity index (χ0) is 14.7. The van der Waals surface area contributed by atoms with E-state index in [1.54, 1.807) is 4.90 Å². The Bertz CT molecular complexity index is 550. The Morgan fingerprint density at radius 1 is 1.30 bits per heavy atom. The van der Waals surface area contributed by atoms with Crippen molar-refractivity contribution in [3.05, 3.63) is 29.6 Å². The van der Waals surface area contributed by atoms with Gasteiger partial charge in [-0.2, -0.15) is 0 Å². The number of carboxylic acids is 1. The minimum atomic E-state index is -1.17. The van der Waals surface area contributed by atoms with E-state index in [9.17, 15) is 14.4 Å². The number of carbonyl (C=O) groups is 3. The minimum absolute atomic E-state index is 0.164. The average molecular weight is 277 g/mol. The highest BCUT2D eigenvalue weighted by molar-refractivity contribution is 5.96. The van der Waals surface area contributed by atoms with Crippen LogP contribution in [0.25, 0.3) is 0 Å². The van der Waals surface area contributed by atoms with E-state index in [0.717, 1.165) is 0 Å². The molecule has 7 heteroatoms. The fraction of sp³-hybridized carbons (Fsp3) is 0.385. The predicted molar refractivity (Wildman–Crippen MR) is 69.0 cm³/mol. The van der Waals surface area contributed by atoms with Crippen LogP contribution in [0.3, 0.4) is 0 Å². The number of hydrogen-bond donors (Lipinski definition) is 2. The minimum Gasteiger partial charge on any atom is -0.477 e. The number of primary amides is 1. The number of carboxylic acid groups (broad SMARTS) is 1. The van der Waals surface area contributed by atoms with Crippen LogP contribution < -0.4 is 5.73 Å². The number of nitrogens with two attached hydrogens (primary N) is 1. The van der Waals surface area contributed by atoms with Crippen molar-refractivity contribution >= 4 is 17.8 Å². The summed E-state index contributed by atoms with van der Waals surface area (Å²) in [6, 6.07) is 2.74. The van der Waals surface area contributed by atoms with Gasteiger partial charge in [-0.1, -0.05) is 0 Å². The molecule has 1 aromatic rings. The number of aromatic carboxylic acids is 1. The van der Waals surface area contributed by atoms with Crippen LogP contribution >= 0.6 is 0 Å². The van der Waals surface area contributed by atoms with Crippen LogP contribution in [0.2, 0.25) is 0 Å². The lowest BCUT2D eigenvalue weighted by Gasteiger charge is -2.30. The van der Waals surface area contributed by atoms with E-state index in [2.05, 4.69) is 4.98 Å². The Kier molecular flexibility index (Phi) is 3.97. The van der Waals surface area contributed by atoms with Gasteiger partial charge in [0.25, 0.3) is 5.91 Å². The molecule has 1 fully saturated rings. The van der Waals surface area contributed by atoms with Gasteiger partial charge in [0.15, 0.2) is 0 Å². The van der Waals surface area contributed by atoms with Gasteiger partial charge in [0.05, 0.1) is 0 Å². The Morgan fingerprint density at radius 2 is 1.95 bits per heavy atom. The number of rotatable bonds is 3. The molecular weight excluding hydrogens is 262 g/mol. The summed E-state index contributed by atoms with van der Waals surface area (Å²) < 4.78 is 0. The third kappa shape index (κ3) is 2.93. The summed E-state index contributed by atoms with van der Waals surface area (Å²) >= 11 is 0. The molecule has 0 aromatic carbocycles. The molecule has 1 aliphatic rings. The van der Waals surface area contributed by atoms with Crippen molar-refractivity contribution in [3.8, 4) is 0 Å². The molecule has 0 unspecified atom stereocenters. The van der Waals surface area contributed by atoms with Crippen LogP contribution in [0.4, 0.5) is 0 Å². The van der Waals surface area contributed by atoms with Crippen LogP contribution in [0, 0.1) is 5.92 Å². The van der Waals surface area contributed by atoms with Gasteiger partial charge in [-0.05, 0) is 25.0 Å². The van der Waals surface area contributed by atoms with E-state index in [4.69, 9.17) is 10.8 Å². The second-order valence-electron chi connectivity index (χ2n) is 4.70. The Hall–Kier alpha value is -2.44. The molecule has 3 N–H and O–H groups in total. The molecule has 0 saturated carbocycles. The lowest BCUT2D eigenvalue weighted by atomic mass is 9.96. The summed E-state index contributed by atoms with van der Waals surface area (Å²) in [5.41, 5.74) is 5.36. The molecule has 0 radical (unpaired) electrons. The molecule has 7 nitrogen and oxygen atoms in total. The summed E-state index contributed by atoms with van der Waals surface area (Å²) in [4.78, 5) is 39.4. The third-order valence-corrected chi connectivity index (χ3v) is 3.41. The molecule has 0 spiro atoms. The first-order valence-corrected chi connectivity index (χ1v) is 6.27. The standard InChI is InChI=1S/C13H15N3O4/c14-11(17)8-2-5-16(6-3-8)12(18)9-1-4-15-10(7-9)13(19)20/h1,4,7-8H,2-3,5-6H2,(H2,14,17)(H,19,20). The van der Waals surface area contributed by atoms with E-state index in [1.807, 2.05) is 0 Å². The number of hydrogen-bond acceptors (Lipinski definition) is 4. The van der Waals surface area contributed by atoms with E-state index in [0.29, 0.717) is 25.9 Å². The van der Waals surface area contributed by atoms with Crippen LogP contribution in [0.15, 0.2) is 18.3 Å². The molecule has 1 aliphatic heterocycles. The Labute approximate surface area is 115 Å². The summed E-state index contributed by atoms with van der Waals surface area (Å²) in [6.45, 7) is 0.883. The lowest BCUT2D eigenvalue weighted by molar-refractivity contribution is -0.123. The fourth-order valence-electron chi connectivity index (χ4n) is 2.23. The van der Waals surface area contributed by atoms with Gasteiger partial charge >= 0.3 is 5.97 Å². The largest absolute Gasteiger partial charge is 0.477 e. The Morgan fingerprint density at radius 3 is 2.50 bits per heavy atom. The van der Waals surface area contributed by atoms with Crippen molar-refractivity contribution in [3.63, 3.8) is 0 Å². The average Bonchev–Trinajstić information content (AvgIpc) is 2.46. The molecule has 106 valence electrons. The highest BCUT2D eigenvalue weighted by atomic mass is 16.4. The maximum absolute atomic E-state index is 12.2. The smallest absolute Gasteiger partial charge is 0.354 e. The number of pyridine rings is 1. The van der Waals surface area contributed by atoms with Gasteiger partial charge in [-0.15, -0.1) is 0 Å². The first-order valence-electron chi connectivity index (χ1n) is 6.27. The van der Waals surface area contributed by atoms with Crippen molar-refractivity contribution in [2.24, 2.45) is 11.7 Å². The van der Waals surface area contributed by atoms with E-state index in [-0.39, 0.29) is 29.0 Å². The van der Waals surface area contributed by atoms with Crippen molar-refractivity contribution < 1.29 is 19.5 Å².